The zero-order valence-electron chi connectivity index (χ0n) is 10.9. The minimum atomic E-state index is -0.561. The van der Waals surface area contributed by atoms with Crippen molar-refractivity contribution in [3.63, 3.8) is 0 Å². The van der Waals surface area contributed by atoms with Crippen LogP contribution in [-0.4, -0.2) is 27.8 Å². The first kappa shape index (κ1) is 14.2. The molecule has 108 valence electrons. The zero-order chi connectivity index (χ0) is 15.4. The Labute approximate surface area is 119 Å². The summed E-state index contributed by atoms with van der Waals surface area (Å²) in [7, 11) is 1.40. The summed E-state index contributed by atoms with van der Waals surface area (Å²) in [6, 6.07) is 3.88. The van der Waals surface area contributed by atoms with Crippen molar-refractivity contribution in [2.75, 3.05) is 7.11 Å². The number of nitro benzene ring substituents is 1. The lowest BCUT2D eigenvalue weighted by Crippen LogP contribution is -2.15. The van der Waals surface area contributed by atoms with Gasteiger partial charge in [0.05, 0.1) is 18.1 Å². The molecule has 0 saturated carbocycles. The van der Waals surface area contributed by atoms with Gasteiger partial charge in [0.25, 0.3) is 5.69 Å². The maximum atomic E-state index is 10.8. The molecular formula is C12H11N5O4. The van der Waals surface area contributed by atoms with E-state index < -0.39 is 4.92 Å². The smallest absolute Gasteiger partial charge is 0.273 e. The Morgan fingerprint density at radius 1 is 1.33 bits per heavy atom. The van der Waals surface area contributed by atoms with Crippen molar-refractivity contribution in [1.29, 1.82) is 5.41 Å². The fourth-order valence-corrected chi connectivity index (χ4v) is 1.55. The lowest BCUT2D eigenvalue weighted by atomic mass is 10.3. The molecule has 3 N–H and O–H groups in total. The Hall–Kier alpha value is -3.23. The molecule has 21 heavy (non-hydrogen) atoms. The summed E-state index contributed by atoms with van der Waals surface area (Å²) in [5, 5.41) is 18.2. The first-order valence-electron chi connectivity index (χ1n) is 5.68. The van der Waals surface area contributed by atoms with E-state index in [0.717, 1.165) is 0 Å². The van der Waals surface area contributed by atoms with Gasteiger partial charge in [-0.15, -0.1) is 0 Å². The highest BCUT2D eigenvalue weighted by molar-refractivity contribution is 5.95. The number of non-ortho nitro benzene ring substituents is 1. The predicted molar refractivity (Wildman–Crippen MR) is 72.8 cm³/mol. The number of nitrogens with zero attached hydrogens (tertiary/aromatic N) is 3. The van der Waals surface area contributed by atoms with E-state index in [4.69, 9.17) is 20.6 Å². The highest BCUT2D eigenvalue weighted by Crippen LogP contribution is 2.34. The van der Waals surface area contributed by atoms with Crippen LogP contribution in [0.5, 0.6) is 17.4 Å². The molecule has 0 aliphatic heterocycles. The Balaban J connectivity index is 2.45. The molecule has 0 bridgehead atoms. The van der Waals surface area contributed by atoms with Crippen LogP contribution >= 0.6 is 0 Å². The SMILES string of the molecule is COc1ccc([N+](=O)[O-])cc1Oc1nccnc1C(=N)N. The third-order valence-corrected chi connectivity index (χ3v) is 2.48. The molecule has 2 rings (SSSR count). The average Bonchev–Trinajstić information content (AvgIpc) is 2.47. The fraction of sp³-hybridized carbons (Fsp3) is 0.0833. The second kappa shape index (κ2) is 5.82. The number of nitrogen functional groups attached to an aromatic ring is 1. The lowest BCUT2D eigenvalue weighted by Gasteiger charge is -2.11. The second-order valence-corrected chi connectivity index (χ2v) is 3.82. The number of hydrogen-bond donors (Lipinski definition) is 2. The van der Waals surface area contributed by atoms with Gasteiger partial charge in [-0.3, -0.25) is 15.5 Å². The molecular weight excluding hydrogens is 278 g/mol. The molecule has 0 radical (unpaired) electrons. The molecule has 0 saturated heterocycles. The zero-order valence-corrected chi connectivity index (χ0v) is 10.9. The Kier molecular flexibility index (Phi) is 3.93. The molecule has 9 nitrogen and oxygen atoms in total. The standard InChI is InChI=1S/C12H11N5O4/c1-20-8-3-2-7(17(18)19)6-9(8)21-12-10(11(13)14)15-4-5-16-12/h2-6H,1H3,(H3,13,14). The predicted octanol–water partition coefficient (Wildman–Crippen LogP) is 1.47. The van der Waals surface area contributed by atoms with Gasteiger partial charge in [0.1, 0.15) is 5.84 Å². The third kappa shape index (κ3) is 3.03. The van der Waals surface area contributed by atoms with Crippen LogP contribution in [0.1, 0.15) is 5.69 Å². The van der Waals surface area contributed by atoms with Gasteiger partial charge >= 0.3 is 0 Å². The number of nitrogens with one attached hydrogen (secondary N) is 1. The number of benzene rings is 1. The van der Waals surface area contributed by atoms with Crippen LogP contribution < -0.4 is 15.2 Å². The topological polar surface area (TPSA) is 137 Å². The summed E-state index contributed by atoms with van der Waals surface area (Å²) in [6.45, 7) is 0. The second-order valence-electron chi connectivity index (χ2n) is 3.82. The van der Waals surface area contributed by atoms with Crippen molar-refractivity contribution < 1.29 is 14.4 Å². The van der Waals surface area contributed by atoms with E-state index in [1.165, 1.54) is 37.7 Å². The molecule has 1 aromatic heterocycles. The van der Waals surface area contributed by atoms with E-state index in [2.05, 4.69) is 9.97 Å². The number of aromatic nitrogens is 2. The van der Waals surface area contributed by atoms with Gasteiger partial charge in [-0.2, -0.15) is 0 Å². The number of nitro groups is 1. The monoisotopic (exact) mass is 289 g/mol. The first-order chi connectivity index (χ1) is 10.0. The normalized spacial score (nSPS) is 9.95. The van der Waals surface area contributed by atoms with Crippen LogP contribution in [0.3, 0.4) is 0 Å². The molecule has 0 aliphatic rings. The first-order valence-corrected chi connectivity index (χ1v) is 5.68. The number of methoxy groups -OCH3 is 1. The third-order valence-electron chi connectivity index (χ3n) is 2.48. The van der Waals surface area contributed by atoms with Crippen molar-refractivity contribution in [3.05, 3.63) is 46.4 Å². The minimum Gasteiger partial charge on any atom is -0.493 e. The van der Waals surface area contributed by atoms with E-state index in [-0.39, 0.29) is 34.6 Å². The molecule has 1 heterocycles. The fourth-order valence-electron chi connectivity index (χ4n) is 1.55. The summed E-state index contributed by atoms with van der Waals surface area (Å²) in [5.74, 6) is -0.0123. The minimum absolute atomic E-state index is 0.0334. The number of hydrogen-bond acceptors (Lipinski definition) is 7. The van der Waals surface area contributed by atoms with E-state index in [1.54, 1.807) is 0 Å². The maximum Gasteiger partial charge on any atom is 0.273 e. The molecule has 0 aliphatic carbocycles. The summed E-state index contributed by atoms with van der Waals surface area (Å²) in [6.07, 6.45) is 2.71. The van der Waals surface area contributed by atoms with Crippen LogP contribution in [0, 0.1) is 15.5 Å². The van der Waals surface area contributed by atoms with Crippen LogP contribution in [-0.2, 0) is 0 Å². The molecule has 9 heteroatoms. The van der Waals surface area contributed by atoms with Gasteiger partial charge < -0.3 is 15.2 Å². The Morgan fingerprint density at radius 3 is 2.67 bits per heavy atom. The van der Waals surface area contributed by atoms with E-state index >= 15 is 0 Å². The Bertz CT molecular complexity index is 704. The number of rotatable bonds is 5. The van der Waals surface area contributed by atoms with Gasteiger partial charge in [-0.25, -0.2) is 9.97 Å². The molecule has 0 fully saturated rings. The van der Waals surface area contributed by atoms with Crippen LogP contribution in [0.2, 0.25) is 0 Å². The maximum absolute atomic E-state index is 10.8. The van der Waals surface area contributed by atoms with Gasteiger partial charge in [0, 0.05) is 18.5 Å². The molecule has 0 unspecified atom stereocenters. The van der Waals surface area contributed by atoms with Gasteiger partial charge in [0.2, 0.25) is 5.88 Å². The molecule has 0 atom stereocenters. The van der Waals surface area contributed by atoms with Crippen LogP contribution in [0.25, 0.3) is 0 Å². The number of nitrogens with two attached hydrogens (primary N) is 1. The average molecular weight is 289 g/mol. The molecule has 2 aromatic rings. The molecule has 1 aromatic carbocycles. The van der Waals surface area contributed by atoms with Crippen LogP contribution in [0.4, 0.5) is 5.69 Å². The Morgan fingerprint density at radius 2 is 2.05 bits per heavy atom. The van der Waals surface area contributed by atoms with Gasteiger partial charge in [-0.1, -0.05) is 0 Å². The highest BCUT2D eigenvalue weighted by atomic mass is 16.6. The highest BCUT2D eigenvalue weighted by Gasteiger charge is 2.16. The summed E-state index contributed by atoms with van der Waals surface area (Å²) in [4.78, 5) is 18.0. The van der Waals surface area contributed by atoms with Crippen molar-refractivity contribution in [3.8, 4) is 17.4 Å². The van der Waals surface area contributed by atoms with Crippen LogP contribution in [0.15, 0.2) is 30.6 Å². The van der Waals surface area contributed by atoms with E-state index in [0.29, 0.717) is 0 Å². The van der Waals surface area contributed by atoms with E-state index in [1.807, 2.05) is 0 Å². The summed E-state index contributed by atoms with van der Waals surface area (Å²) >= 11 is 0. The number of ether oxygens (including phenoxy) is 2. The van der Waals surface area contributed by atoms with Gasteiger partial charge in [-0.05, 0) is 6.07 Å². The van der Waals surface area contributed by atoms with Gasteiger partial charge in [0.15, 0.2) is 17.2 Å². The van der Waals surface area contributed by atoms with Crippen molar-refractivity contribution in [2.45, 2.75) is 0 Å². The number of amidine groups is 1. The quantitative estimate of drug-likeness (QED) is 0.368. The largest absolute Gasteiger partial charge is 0.493 e. The summed E-state index contributed by atoms with van der Waals surface area (Å²) in [5.41, 5.74) is 5.24. The van der Waals surface area contributed by atoms with Crippen molar-refractivity contribution in [1.82, 2.24) is 9.97 Å². The summed E-state index contributed by atoms with van der Waals surface area (Å²) < 4.78 is 10.5. The molecule has 0 spiro atoms. The van der Waals surface area contributed by atoms with E-state index in [9.17, 15) is 10.1 Å². The van der Waals surface area contributed by atoms with Crippen molar-refractivity contribution >= 4 is 11.5 Å². The molecule has 0 amide bonds. The lowest BCUT2D eigenvalue weighted by molar-refractivity contribution is -0.384. The van der Waals surface area contributed by atoms with Crippen molar-refractivity contribution in [2.24, 2.45) is 5.73 Å².